The molecule has 102 valence electrons. The number of hydrogen-bond acceptors (Lipinski definition) is 2. The van der Waals surface area contributed by atoms with Gasteiger partial charge in [-0.2, -0.15) is 0 Å². The first kappa shape index (κ1) is 12.7. The highest BCUT2D eigenvalue weighted by molar-refractivity contribution is 5.98. The van der Waals surface area contributed by atoms with Gasteiger partial charge in [-0.3, -0.25) is 4.79 Å². The van der Waals surface area contributed by atoms with Crippen LogP contribution in [0.15, 0.2) is 18.2 Å². The van der Waals surface area contributed by atoms with Crippen LogP contribution >= 0.6 is 0 Å². The van der Waals surface area contributed by atoms with Crippen molar-refractivity contribution in [3.8, 4) is 0 Å². The molecule has 1 aliphatic carbocycles. The Labute approximate surface area is 110 Å². The zero-order chi connectivity index (χ0) is 13.5. The van der Waals surface area contributed by atoms with Gasteiger partial charge in [-0.1, -0.05) is 6.07 Å². The molecule has 4 heteroatoms. The summed E-state index contributed by atoms with van der Waals surface area (Å²) in [6.07, 6.45) is 4.30. The van der Waals surface area contributed by atoms with Gasteiger partial charge < -0.3 is 4.74 Å². The van der Waals surface area contributed by atoms with E-state index in [1.165, 1.54) is 12.1 Å². The van der Waals surface area contributed by atoms with Crippen LogP contribution in [-0.2, 0) is 4.74 Å². The van der Waals surface area contributed by atoms with Crippen LogP contribution in [0.5, 0.6) is 0 Å². The summed E-state index contributed by atoms with van der Waals surface area (Å²) >= 11 is 0. The summed E-state index contributed by atoms with van der Waals surface area (Å²) in [6.45, 7) is 0.535. The van der Waals surface area contributed by atoms with Gasteiger partial charge in [0.15, 0.2) is 17.4 Å². The van der Waals surface area contributed by atoms with Gasteiger partial charge in [-0.15, -0.1) is 0 Å². The standard InChI is InChI=1S/C15H16F2O2/c16-12-4-1-3-11(13(12)17)14(18)10-5-8-19-15(9-10)6-2-7-15/h1,3-4,10H,2,5-9H2. The lowest BCUT2D eigenvalue weighted by Crippen LogP contribution is -2.47. The minimum atomic E-state index is -1.03. The summed E-state index contributed by atoms with van der Waals surface area (Å²) < 4.78 is 32.6. The van der Waals surface area contributed by atoms with E-state index in [2.05, 4.69) is 0 Å². The van der Waals surface area contributed by atoms with Gasteiger partial charge in [0.25, 0.3) is 0 Å². The van der Waals surface area contributed by atoms with Crippen LogP contribution in [0.1, 0.15) is 42.5 Å². The number of ketones is 1. The van der Waals surface area contributed by atoms with E-state index in [4.69, 9.17) is 4.74 Å². The topological polar surface area (TPSA) is 26.3 Å². The van der Waals surface area contributed by atoms with Crippen molar-refractivity contribution in [3.63, 3.8) is 0 Å². The molecule has 0 amide bonds. The van der Waals surface area contributed by atoms with Crippen molar-refractivity contribution in [3.05, 3.63) is 35.4 Å². The Hall–Kier alpha value is -1.29. The number of ether oxygens (including phenoxy) is 1. The summed E-state index contributed by atoms with van der Waals surface area (Å²) in [6, 6.07) is 3.78. The number of Topliss-reactive ketones (excluding diaryl/α,β-unsaturated/α-hetero) is 1. The van der Waals surface area contributed by atoms with Gasteiger partial charge in [0.2, 0.25) is 0 Å². The lowest BCUT2D eigenvalue weighted by atomic mass is 9.70. The molecule has 1 aromatic rings. The number of hydrogen-bond donors (Lipinski definition) is 0. The third-order valence-corrected chi connectivity index (χ3v) is 4.35. The van der Waals surface area contributed by atoms with Crippen LogP contribution in [0.3, 0.4) is 0 Å². The van der Waals surface area contributed by atoms with Crippen LogP contribution in [0.2, 0.25) is 0 Å². The smallest absolute Gasteiger partial charge is 0.169 e. The Kier molecular flexibility index (Phi) is 3.13. The van der Waals surface area contributed by atoms with E-state index < -0.39 is 11.6 Å². The van der Waals surface area contributed by atoms with Gasteiger partial charge in [0, 0.05) is 12.5 Å². The fourth-order valence-electron chi connectivity index (χ4n) is 3.09. The van der Waals surface area contributed by atoms with Crippen molar-refractivity contribution in [1.82, 2.24) is 0 Å². The number of halogens is 2. The lowest BCUT2D eigenvalue weighted by Gasteiger charge is -2.46. The zero-order valence-electron chi connectivity index (χ0n) is 10.6. The molecule has 0 radical (unpaired) electrons. The molecule has 2 nitrogen and oxygen atoms in total. The number of rotatable bonds is 2. The maximum Gasteiger partial charge on any atom is 0.169 e. The molecule has 1 saturated heterocycles. The van der Waals surface area contributed by atoms with Crippen molar-refractivity contribution in [2.75, 3.05) is 6.61 Å². The fraction of sp³-hybridized carbons (Fsp3) is 0.533. The van der Waals surface area contributed by atoms with Crippen LogP contribution in [-0.4, -0.2) is 18.0 Å². The van der Waals surface area contributed by atoms with Crippen LogP contribution in [0.25, 0.3) is 0 Å². The Balaban J connectivity index is 1.81. The highest BCUT2D eigenvalue weighted by atomic mass is 19.2. The van der Waals surface area contributed by atoms with Crippen molar-refractivity contribution in [1.29, 1.82) is 0 Å². The van der Waals surface area contributed by atoms with Crippen LogP contribution < -0.4 is 0 Å². The maximum atomic E-state index is 13.7. The van der Waals surface area contributed by atoms with E-state index in [-0.39, 0.29) is 22.9 Å². The molecule has 0 bridgehead atoms. The molecule has 0 N–H and O–H groups in total. The average Bonchev–Trinajstić information content (AvgIpc) is 2.39. The lowest BCUT2D eigenvalue weighted by molar-refractivity contribution is -0.137. The molecule has 1 heterocycles. The molecular weight excluding hydrogens is 250 g/mol. The SMILES string of the molecule is O=C(c1cccc(F)c1F)C1CCOC2(CCC2)C1. The van der Waals surface area contributed by atoms with Crippen LogP contribution in [0.4, 0.5) is 8.78 Å². The summed E-state index contributed by atoms with van der Waals surface area (Å²) in [5.74, 6) is -2.52. The first-order valence-corrected chi connectivity index (χ1v) is 6.73. The third-order valence-electron chi connectivity index (χ3n) is 4.35. The minimum absolute atomic E-state index is 0.124. The highest BCUT2D eigenvalue weighted by Crippen LogP contribution is 2.45. The molecule has 1 aliphatic heterocycles. The second-order valence-corrected chi connectivity index (χ2v) is 5.54. The number of carbonyl (C=O) groups is 1. The van der Waals surface area contributed by atoms with E-state index in [0.29, 0.717) is 19.4 Å². The number of carbonyl (C=O) groups excluding carboxylic acids is 1. The molecule has 2 aliphatic rings. The monoisotopic (exact) mass is 266 g/mol. The highest BCUT2D eigenvalue weighted by Gasteiger charge is 2.44. The minimum Gasteiger partial charge on any atom is -0.375 e. The Morgan fingerprint density at radius 3 is 2.79 bits per heavy atom. The zero-order valence-corrected chi connectivity index (χ0v) is 10.6. The van der Waals surface area contributed by atoms with Crippen molar-refractivity contribution < 1.29 is 18.3 Å². The van der Waals surface area contributed by atoms with E-state index >= 15 is 0 Å². The van der Waals surface area contributed by atoms with Gasteiger partial charge >= 0.3 is 0 Å². The summed E-state index contributed by atoms with van der Waals surface area (Å²) in [4.78, 5) is 12.3. The van der Waals surface area contributed by atoms with Crippen molar-refractivity contribution in [2.45, 2.75) is 37.7 Å². The first-order chi connectivity index (χ1) is 9.11. The third kappa shape index (κ3) is 2.18. The maximum absolute atomic E-state index is 13.7. The summed E-state index contributed by atoms with van der Waals surface area (Å²) in [5, 5.41) is 0. The van der Waals surface area contributed by atoms with Gasteiger partial charge in [-0.25, -0.2) is 8.78 Å². The van der Waals surface area contributed by atoms with Gasteiger partial charge in [-0.05, 0) is 44.2 Å². The summed E-state index contributed by atoms with van der Waals surface area (Å²) in [7, 11) is 0. The quantitative estimate of drug-likeness (QED) is 0.766. The second-order valence-electron chi connectivity index (χ2n) is 5.54. The fourth-order valence-corrected chi connectivity index (χ4v) is 3.09. The van der Waals surface area contributed by atoms with Gasteiger partial charge in [0.05, 0.1) is 11.2 Å². The molecule has 3 rings (SSSR count). The van der Waals surface area contributed by atoms with Gasteiger partial charge in [0.1, 0.15) is 0 Å². The van der Waals surface area contributed by atoms with Crippen molar-refractivity contribution >= 4 is 5.78 Å². The van der Waals surface area contributed by atoms with E-state index in [9.17, 15) is 13.6 Å². The molecule has 1 atom stereocenters. The normalized spacial score (nSPS) is 25.1. The Morgan fingerprint density at radius 2 is 2.11 bits per heavy atom. The van der Waals surface area contributed by atoms with Crippen molar-refractivity contribution in [2.24, 2.45) is 5.92 Å². The average molecular weight is 266 g/mol. The molecule has 1 aromatic carbocycles. The first-order valence-electron chi connectivity index (χ1n) is 6.73. The van der Waals surface area contributed by atoms with E-state index in [0.717, 1.165) is 25.3 Å². The second kappa shape index (κ2) is 4.67. The van der Waals surface area contributed by atoms with E-state index in [1.807, 2.05) is 0 Å². The van der Waals surface area contributed by atoms with E-state index in [1.54, 1.807) is 0 Å². The Morgan fingerprint density at radius 1 is 1.32 bits per heavy atom. The largest absolute Gasteiger partial charge is 0.375 e. The molecule has 2 fully saturated rings. The Bertz CT molecular complexity index is 509. The number of benzene rings is 1. The molecule has 19 heavy (non-hydrogen) atoms. The molecular formula is C15H16F2O2. The molecule has 1 unspecified atom stereocenters. The predicted molar refractivity (Wildman–Crippen MR) is 65.9 cm³/mol. The molecule has 1 saturated carbocycles. The predicted octanol–water partition coefficient (Wildman–Crippen LogP) is 3.50. The summed E-state index contributed by atoms with van der Waals surface area (Å²) in [5.41, 5.74) is -0.288. The molecule has 1 spiro atoms. The molecule has 0 aromatic heterocycles. The van der Waals surface area contributed by atoms with Crippen LogP contribution in [0, 0.1) is 17.6 Å².